The first-order chi connectivity index (χ1) is 9.01. The molecule has 1 N–H and O–H groups in total. The van der Waals surface area contributed by atoms with Gasteiger partial charge in [-0.3, -0.25) is 4.79 Å². The van der Waals surface area contributed by atoms with E-state index >= 15 is 0 Å². The Kier molecular flexibility index (Phi) is 5.05. The first kappa shape index (κ1) is 16.8. The summed E-state index contributed by atoms with van der Waals surface area (Å²) in [7, 11) is 0. The number of rotatable bonds is 4. The van der Waals surface area contributed by atoms with Gasteiger partial charge in [0.15, 0.2) is 0 Å². The maximum absolute atomic E-state index is 11.9. The second-order valence-corrected chi connectivity index (χ2v) is 7.31. The molecule has 116 valence electrons. The summed E-state index contributed by atoms with van der Waals surface area (Å²) in [6.45, 7) is 10.4. The van der Waals surface area contributed by atoms with Gasteiger partial charge in [0.2, 0.25) is 0 Å². The number of hydrogen-bond acceptors (Lipinski definition) is 3. The van der Waals surface area contributed by atoms with Gasteiger partial charge in [-0.15, -0.1) is 0 Å². The number of ether oxygens (including phenoxy) is 1. The summed E-state index contributed by atoms with van der Waals surface area (Å²) >= 11 is 0. The van der Waals surface area contributed by atoms with Crippen LogP contribution in [0.2, 0.25) is 0 Å². The third-order valence-electron chi connectivity index (χ3n) is 3.69. The van der Waals surface area contributed by atoms with Gasteiger partial charge in [-0.05, 0) is 59.8 Å². The van der Waals surface area contributed by atoms with Crippen molar-refractivity contribution in [3.05, 3.63) is 0 Å². The Morgan fingerprint density at radius 2 is 1.85 bits per heavy atom. The summed E-state index contributed by atoms with van der Waals surface area (Å²) in [5.74, 6) is -0.388. The smallest absolute Gasteiger partial charge is 0.410 e. The largest absolute Gasteiger partial charge is 0.481 e. The summed E-state index contributed by atoms with van der Waals surface area (Å²) in [6.07, 6.45) is 2.13. The fraction of sp³-hybridized carbons (Fsp3) is 0.867. The van der Waals surface area contributed by atoms with E-state index in [1.54, 1.807) is 18.7 Å². The Balaban J connectivity index is 2.41. The van der Waals surface area contributed by atoms with Gasteiger partial charge in [0.25, 0.3) is 0 Å². The fourth-order valence-electron chi connectivity index (χ4n) is 2.23. The van der Waals surface area contributed by atoms with E-state index in [9.17, 15) is 9.59 Å². The van der Waals surface area contributed by atoms with Crippen LogP contribution in [0.15, 0.2) is 0 Å². The zero-order chi connectivity index (χ0) is 15.6. The van der Waals surface area contributed by atoms with Gasteiger partial charge in [-0.25, -0.2) is 4.79 Å². The molecule has 1 fully saturated rings. The Bertz CT molecular complexity index is 371. The second kappa shape index (κ2) is 6.02. The lowest BCUT2D eigenvalue weighted by Gasteiger charge is -2.25. The number of carboxylic acid groups (broad SMARTS) is 1. The van der Waals surface area contributed by atoms with Gasteiger partial charge in [-0.2, -0.15) is 0 Å². The molecule has 1 heterocycles. The van der Waals surface area contributed by atoms with Crippen molar-refractivity contribution in [1.29, 1.82) is 0 Å². The fourth-order valence-corrected chi connectivity index (χ4v) is 2.23. The van der Waals surface area contributed by atoms with E-state index in [1.165, 1.54) is 0 Å². The molecular weight excluding hydrogens is 258 g/mol. The van der Waals surface area contributed by atoms with Crippen molar-refractivity contribution in [2.24, 2.45) is 11.3 Å². The molecule has 1 atom stereocenters. The van der Waals surface area contributed by atoms with Crippen molar-refractivity contribution in [2.75, 3.05) is 13.1 Å². The Labute approximate surface area is 121 Å². The van der Waals surface area contributed by atoms with Crippen molar-refractivity contribution < 1.29 is 19.4 Å². The highest BCUT2D eigenvalue weighted by Gasteiger charge is 2.32. The maximum Gasteiger partial charge on any atom is 0.410 e. The van der Waals surface area contributed by atoms with Crippen molar-refractivity contribution in [3.8, 4) is 0 Å². The second-order valence-electron chi connectivity index (χ2n) is 7.31. The van der Waals surface area contributed by atoms with E-state index in [1.807, 2.05) is 20.8 Å². The lowest BCUT2D eigenvalue weighted by Crippen LogP contribution is -2.35. The quantitative estimate of drug-likeness (QED) is 0.861. The van der Waals surface area contributed by atoms with Crippen LogP contribution in [0.3, 0.4) is 0 Å². The highest BCUT2D eigenvalue weighted by molar-refractivity contribution is 5.73. The molecule has 20 heavy (non-hydrogen) atoms. The molecule has 0 aliphatic carbocycles. The van der Waals surface area contributed by atoms with Crippen LogP contribution in [-0.4, -0.2) is 40.8 Å². The molecule has 1 saturated heterocycles. The van der Waals surface area contributed by atoms with Crippen LogP contribution in [0.5, 0.6) is 0 Å². The Morgan fingerprint density at radius 1 is 1.25 bits per heavy atom. The number of likely N-dealkylation sites (tertiary alicyclic amines) is 1. The van der Waals surface area contributed by atoms with Gasteiger partial charge >= 0.3 is 12.1 Å². The molecule has 5 nitrogen and oxygen atoms in total. The third-order valence-corrected chi connectivity index (χ3v) is 3.69. The van der Waals surface area contributed by atoms with Crippen molar-refractivity contribution >= 4 is 12.1 Å². The molecule has 0 aromatic rings. The van der Waals surface area contributed by atoms with Gasteiger partial charge in [-0.1, -0.05) is 0 Å². The molecule has 0 aromatic carbocycles. The summed E-state index contributed by atoms with van der Waals surface area (Å²) in [6, 6.07) is 0. The SMILES string of the molecule is CC(C)(C)OC(=O)N1CCC(CCC(C)(C)C(=O)O)C1. The van der Waals surface area contributed by atoms with Crippen molar-refractivity contribution in [2.45, 2.75) is 59.5 Å². The minimum absolute atomic E-state index is 0.266. The standard InChI is InChI=1S/C15H27NO4/c1-14(2,3)20-13(19)16-9-7-11(10-16)6-8-15(4,5)12(17)18/h11H,6-10H2,1-5H3,(H,17,18). The summed E-state index contributed by atoms with van der Waals surface area (Å²) in [5.41, 5.74) is -1.17. The molecule has 1 amide bonds. The van der Waals surface area contributed by atoms with Crippen LogP contribution >= 0.6 is 0 Å². The van der Waals surface area contributed by atoms with Crippen molar-refractivity contribution in [1.82, 2.24) is 4.90 Å². The first-order valence-electron chi connectivity index (χ1n) is 7.22. The Morgan fingerprint density at radius 3 is 2.35 bits per heavy atom. The topological polar surface area (TPSA) is 66.8 Å². The lowest BCUT2D eigenvalue weighted by molar-refractivity contribution is -0.147. The van der Waals surface area contributed by atoms with E-state index in [4.69, 9.17) is 9.84 Å². The van der Waals surface area contributed by atoms with E-state index < -0.39 is 17.0 Å². The monoisotopic (exact) mass is 285 g/mol. The predicted molar refractivity (Wildman–Crippen MR) is 76.6 cm³/mol. The molecule has 1 rings (SSSR count). The van der Waals surface area contributed by atoms with Gasteiger partial charge in [0.1, 0.15) is 5.60 Å². The highest BCUT2D eigenvalue weighted by atomic mass is 16.6. The zero-order valence-electron chi connectivity index (χ0n) is 13.2. The summed E-state index contributed by atoms with van der Waals surface area (Å²) in [5, 5.41) is 9.10. The van der Waals surface area contributed by atoms with Gasteiger partial charge in [0, 0.05) is 13.1 Å². The number of hydrogen-bond donors (Lipinski definition) is 1. The normalized spacial score (nSPS) is 20.1. The minimum Gasteiger partial charge on any atom is -0.481 e. The van der Waals surface area contributed by atoms with E-state index in [0.717, 1.165) is 12.8 Å². The maximum atomic E-state index is 11.9. The van der Waals surface area contributed by atoms with Crippen LogP contribution in [0.1, 0.15) is 53.9 Å². The number of carboxylic acids is 1. The summed E-state index contributed by atoms with van der Waals surface area (Å²) in [4.78, 5) is 24.7. The van der Waals surface area contributed by atoms with Crippen LogP contribution in [-0.2, 0) is 9.53 Å². The molecule has 1 unspecified atom stereocenters. The summed E-state index contributed by atoms with van der Waals surface area (Å²) < 4.78 is 5.35. The van der Waals surface area contributed by atoms with Crippen LogP contribution in [0.25, 0.3) is 0 Å². The lowest BCUT2D eigenvalue weighted by atomic mass is 9.84. The highest BCUT2D eigenvalue weighted by Crippen LogP contribution is 2.29. The molecule has 0 bridgehead atoms. The molecular formula is C15H27NO4. The average molecular weight is 285 g/mol. The third kappa shape index (κ3) is 5.02. The first-order valence-corrected chi connectivity index (χ1v) is 7.22. The van der Waals surface area contributed by atoms with Crippen LogP contribution < -0.4 is 0 Å². The van der Waals surface area contributed by atoms with Gasteiger partial charge in [0.05, 0.1) is 5.41 Å². The number of amides is 1. The minimum atomic E-state index is -0.764. The molecule has 0 saturated carbocycles. The predicted octanol–water partition coefficient (Wildman–Crippen LogP) is 3.13. The molecule has 1 aliphatic heterocycles. The number of nitrogens with zero attached hydrogens (tertiary/aromatic N) is 1. The molecule has 1 aliphatic rings. The number of carbonyl (C=O) groups is 2. The molecule has 0 radical (unpaired) electrons. The van der Waals surface area contributed by atoms with Crippen molar-refractivity contribution in [3.63, 3.8) is 0 Å². The van der Waals surface area contributed by atoms with E-state index in [-0.39, 0.29) is 6.09 Å². The van der Waals surface area contributed by atoms with Crippen LogP contribution in [0, 0.1) is 11.3 Å². The molecule has 0 aromatic heterocycles. The number of carbonyl (C=O) groups excluding carboxylic acids is 1. The molecule has 0 spiro atoms. The van der Waals surface area contributed by atoms with Gasteiger partial charge < -0.3 is 14.7 Å². The van der Waals surface area contributed by atoms with E-state index in [2.05, 4.69) is 0 Å². The Hall–Kier alpha value is -1.26. The number of aliphatic carboxylic acids is 1. The van der Waals surface area contributed by atoms with E-state index in [0.29, 0.717) is 25.4 Å². The van der Waals surface area contributed by atoms with Crippen LogP contribution in [0.4, 0.5) is 4.79 Å². The zero-order valence-corrected chi connectivity index (χ0v) is 13.2. The molecule has 5 heteroatoms. The average Bonchev–Trinajstić information content (AvgIpc) is 2.72.